The molecule has 0 saturated carbocycles. The Kier molecular flexibility index (Phi) is 5.24. The summed E-state index contributed by atoms with van der Waals surface area (Å²) >= 11 is 0. The molecule has 0 aliphatic carbocycles. The largest absolute Gasteiger partial charge is 0.480 e. The van der Waals surface area contributed by atoms with Gasteiger partial charge in [-0.25, -0.2) is 13.2 Å². The lowest BCUT2D eigenvalue weighted by atomic mass is 9.96. The van der Waals surface area contributed by atoms with Crippen LogP contribution in [0.4, 0.5) is 24.7 Å². The Balaban J connectivity index is 1.58. The van der Waals surface area contributed by atoms with Gasteiger partial charge in [0.05, 0.1) is 7.11 Å². The summed E-state index contributed by atoms with van der Waals surface area (Å²) in [6, 6.07) is 5.02. The molecule has 0 bridgehead atoms. The molecule has 3 rings (SSSR count). The van der Waals surface area contributed by atoms with Crippen molar-refractivity contribution < 1.29 is 22.7 Å². The first-order valence-electron chi connectivity index (χ1n) is 8.06. The molecule has 1 fully saturated rings. The molecule has 6 nitrogen and oxygen atoms in total. The van der Waals surface area contributed by atoms with E-state index in [-0.39, 0.29) is 17.5 Å². The number of piperidine rings is 1. The van der Waals surface area contributed by atoms with Crippen molar-refractivity contribution in [3.8, 4) is 5.88 Å². The molecule has 1 aliphatic heterocycles. The molecule has 0 atom stereocenters. The second-order valence-electron chi connectivity index (χ2n) is 5.94. The van der Waals surface area contributed by atoms with Crippen LogP contribution in [0.3, 0.4) is 0 Å². The average Bonchev–Trinajstić information content (AvgIpc) is 2.66. The molecule has 2 heterocycles. The molecule has 26 heavy (non-hydrogen) atoms. The molecule has 1 saturated heterocycles. The fraction of sp³-hybridized carbons (Fsp3) is 0.353. The molecule has 1 N–H and O–H groups in total. The third kappa shape index (κ3) is 3.87. The first-order chi connectivity index (χ1) is 12.5. The van der Waals surface area contributed by atoms with Crippen LogP contribution in [-0.4, -0.2) is 36.3 Å². The normalized spacial score (nSPS) is 15.0. The number of nitrogens with zero attached hydrogens (tertiary/aromatic N) is 3. The fourth-order valence-electron chi connectivity index (χ4n) is 2.83. The predicted molar refractivity (Wildman–Crippen MR) is 88.5 cm³/mol. The number of nitrogens with one attached hydrogen (secondary N) is 1. The quantitative estimate of drug-likeness (QED) is 0.843. The minimum atomic E-state index is -1.56. The first-order valence-corrected chi connectivity index (χ1v) is 8.06. The van der Waals surface area contributed by atoms with E-state index < -0.39 is 17.5 Å². The Hall–Kier alpha value is -2.84. The van der Waals surface area contributed by atoms with Crippen molar-refractivity contribution in [2.45, 2.75) is 12.8 Å². The van der Waals surface area contributed by atoms with Crippen molar-refractivity contribution >= 4 is 17.4 Å². The fourth-order valence-corrected chi connectivity index (χ4v) is 2.83. The van der Waals surface area contributed by atoms with Crippen LogP contribution in [0, 0.1) is 23.4 Å². The number of anilines is 2. The van der Waals surface area contributed by atoms with Crippen molar-refractivity contribution in [2.75, 3.05) is 30.4 Å². The minimum absolute atomic E-state index is 0.102. The number of hydrogen-bond acceptors (Lipinski definition) is 5. The van der Waals surface area contributed by atoms with Crippen LogP contribution in [0.15, 0.2) is 24.3 Å². The van der Waals surface area contributed by atoms with Gasteiger partial charge in [0.25, 0.3) is 0 Å². The summed E-state index contributed by atoms with van der Waals surface area (Å²) in [7, 11) is 1.51. The standard InChI is InChI=1S/C17H17F3N4O2/c1-26-15-3-2-14(22-23-15)24-6-4-10(5-7-24)17(25)21-11-8-12(18)16(20)13(19)9-11/h2-3,8-10H,4-7H2,1H3,(H,21,25). The zero-order chi connectivity index (χ0) is 18.7. The van der Waals surface area contributed by atoms with Gasteiger partial charge in [-0.05, 0) is 18.9 Å². The maximum atomic E-state index is 13.2. The molecular weight excluding hydrogens is 349 g/mol. The van der Waals surface area contributed by atoms with Gasteiger partial charge in [-0.1, -0.05) is 0 Å². The second kappa shape index (κ2) is 7.59. The molecule has 0 spiro atoms. The number of rotatable bonds is 4. The molecule has 1 aromatic heterocycles. The summed E-state index contributed by atoms with van der Waals surface area (Å²) < 4.78 is 44.4. The van der Waals surface area contributed by atoms with E-state index in [4.69, 9.17) is 4.74 Å². The van der Waals surface area contributed by atoms with Crippen LogP contribution >= 0.6 is 0 Å². The van der Waals surface area contributed by atoms with E-state index in [9.17, 15) is 18.0 Å². The van der Waals surface area contributed by atoms with E-state index >= 15 is 0 Å². The summed E-state index contributed by atoms with van der Waals surface area (Å²) in [4.78, 5) is 14.3. The van der Waals surface area contributed by atoms with Gasteiger partial charge in [0.15, 0.2) is 23.3 Å². The number of carbonyl (C=O) groups excluding carboxylic acids is 1. The van der Waals surface area contributed by atoms with Crippen molar-refractivity contribution in [3.63, 3.8) is 0 Å². The molecular formula is C17H17F3N4O2. The van der Waals surface area contributed by atoms with Crippen LogP contribution in [0.25, 0.3) is 0 Å². The van der Waals surface area contributed by atoms with Gasteiger partial charge in [-0.2, -0.15) is 0 Å². The van der Waals surface area contributed by atoms with E-state index in [2.05, 4.69) is 15.5 Å². The first kappa shape index (κ1) is 18.0. The highest BCUT2D eigenvalue weighted by Gasteiger charge is 2.26. The third-order valence-electron chi connectivity index (χ3n) is 4.28. The van der Waals surface area contributed by atoms with E-state index in [1.165, 1.54) is 7.11 Å². The number of aromatic nitrogens is 2. The summed E-state index contributed by atoms with van der Waals surface area (Å²) in [6.07, 6.45) is 1.09. The third-order valence-corrected chi connectivity index (χ3v) is 4.28. The zero-order valence-corrected chi connectivity index (χ0v) is 14.0. The van der Waals surface area contributed by atoms with Crippen molar-refractivity contribution in [2.24, 2.45) is 5.92 Å². The number of carbonyl (C=O) groups is 1. The Bertz CT molecular complexity index is 770. The molecule has 1 aromatic carbocycles. The lowest BCUT2D eigenvalue weighted by Gasteiger charge is -2.31. The Morgan fingerprint density at radius 2 is 1.81 bits per heavy atom. The smallest absolute Gasteiger partial charge is 0.233 e. The maximum absolute atomic E-state index is 13.2. The summed E-state index contributed by atoms with van der Waals surface area (Å²) in [5, 5.41) is 10.4. The van der Waals surface area contributed by atoms with Crippen LogP contribution < -0.4 is 15.0 Å². The van der Waals surface area contributed by atoms with Gasteiger partial charge < -0.3 is 15.0 Å². The van der Waals surface area contributed by atoms with Crippen LogP contribution in [0.1, 0.15) is 12.8 Å². The van der Waals surface area contributed by atoms with Crippen molar-refractivity contribution in [3.05, 3.63) is 41.7 Å². The van der Waals surface area contributed by atoms with Gasteiger partial charge in [-0.3, -0.25) is 4.79 Å². The van der Waals surface area contributed by atoms with Gasteiger partial charge in [0.1, 0.15) is 0 Å². The molecule has 0 unspecified atom stereocenters. The van der Waals surface area contributed by atoms with Crippen LogP contribution in [0.5, 0.6) is 5.88 Å². The maximum Gasteiger partial charge on any atom is 0.233 e. The SMILES string of the molecule is COc1ccc(N2CCC(C(=O)Nc3cc(F)c(F)c(F)c3)CC2)nn1. The highest BCUT2D eigenvalue weighted by Crippen LogP contribution is 2.24. The highest BCUT2D eigenvalue weighted by molar-refractivity contribution is 5.92. The topological polar surface area (TPSA) is 67.3 Å². The average molecular weight is 366 g/mol. The van der Waals surface area contributed by atoms with E-state index in [1.807, 2.05) is 4.90 Å². The number of benzene rings is 1. The monoisotopic (exact) mass is 366 g/mol. The number of methoxy groups -OCH3 is 1. The summed E-state index contributed by atoms with van der Waals surface area (Å²) in [5.74, 6) is -3.79. The van der Waals surface area contributed by atoms with Crippen molar-refractivity contribution in [1.29, 1.82) is 0 Å². The number of halogens is 3. The van der Waals surface area contributed by atoms with Crippen LogP contribution in [0.2, 0.25) is 0 Å². The Labute approximate surface area is 148 Å². The number of amides is 1. The number of hydrogen-bond donors (Lipinski definition) is 1. The Morgan fingerprint density at radius 3 is 2.35 bits per heavy atom. The Morgan fingerprint density at radius 1 is 1.15 bits per heavy atom. The second-order valence-corrected chi connectivity index (χ2v) is 5.94. The molecule has 138 valence electrons. The summed E-state index contributed by atoms with van der Waals surface area (Å²) in [5.41, 5.74) is -0.102. The molecule has 2 aromatic rings. The van der Waals surface area contributed by atoms with E-state index in [1.54, 1.807) is 12.1 Å². The van der Waals surface area contributed by atoms with Crippen molar-refractivity contribution in [1.82, 2.24) is 10.2 Å². The van der Waals surface area contributed by atoms with Gasteiger partial charge in [0, 0.05) is 42.9 Å². The summed E-state index contributed by atoms with van der Waals surface area (Å²) in [6.45, 7) is 1.18. The lowest BCUT2D eigenvalue weighted by molar-refractivity contribution is -0.120. The highest BCUT2D eigenvalue weighted by atomic mass is 19.2. The van der Waals surface area contributed by atoms with Gasteiger partial charge in [-0.15, -0.1) is 10.2 Å². The minimum Gasteiger partial charge on any atom is -0.480 e. The molecule has 9 heteroatoms. The molecule has 0 radical (unpaired) electrons. The van der Waals surface area contributed by atoms with Gasteiger partial charge in [0.2, 0.25) is 11.8 Å². The molecule has 1 aliphatic rings. The molecule has 1 amide bonds. The van der Waals surface area contributed by atoms with E-state index in [0.717, 1.165) is 12.1 Å². The predicted octanol–water partition coefficient (Wildman–Crippen LogP) is 2.76. The van der Waals surface area contributed by atoms with Crippen LogP contribution in [-0.2, 0) is 4.79 Å². The zero-order valence-electron chi connectivity index (χ0n) is 14.0. The van der Waals surface area contributed by atoms with Gasteiger partial charge >= 0.3 is 0 Å². The number of ether oxygens (including phenoxy) is 1. The van der Waals surface area contributed by atoms with E-state index in [0.29, 0.717) is 37.6 Å². The lowest BCUT2D eigenvalue weighted by Crippen LogP contribution is -2.38.